The molecule has 3 rings (SSSR count). The lowest BCUT2D eigenvalue weighted by molar-refractivity contribution is -0.147. The van der Waals surface area contributed by atoms with Crippen molar-refractivity contribution in [3.05, 3.63) is 56.6 Å². The third-order valence-corrected chi connectivity index (χ3v) is 5.26. The Bertz CT molecular complexity index is 1150. The average Bonchev–Trinajstić information content (AvgIpc) is 2.96. The summed E-state index contributed by atoms with van der Waals surface area (Å²) in [4.78, 5) is 40.3. The fourth-order valence-electron chi connectivity index (χ4n) is 2.81. The van der Waals surface area contributed by atoms with Gasteiger partial charge in [0.25, 0.3) is 5.91 Å². The van der Waals surface area contributed by atoms with Gasteiger partial charge in [0.05, 0.1) is 27.5 Å². The number of hydrogen-bond donors (Lipinski definition) is 1. The van der Waals surface area contributed by atoms with Crippen LogP contribution in [0.1, 0.15) is 12.0 Å². The lowest BCUT2D eigenvalue weighted by Gasteiger charge is -2.09. The standard InChI is InChI=1S/C19H18Cl2N4O4/c1-11-12(20)9-22-18(17(11)21)23-15(26)10-29-16(27)7-8-25-14-6-4-3-5-13(14)24(2)19(25)28/h3-6,9H,7-8,10H2,1-2H3,(H,22,23,26). The minimum absolute atomic E-state index is 0.0553. The van der Waals surface area contributed by atoms with Crippen LogP contribution in [0, 0.1) is 6.92 Å². The number of esters is 1. The van der Waals surface area contributed by atoms with Crippen molar-refractivity contribution in [1.29, 1.82) is 0 Å². The fraction of sp³-hybridized carbons (Fsp3) is 0.263. The van der Waals surface area contributed by atoms with E-state index in [-0.39, 0.29) is 29.5 Å². The summed E-state index contributed by atoms with van der Waals surface area (Å²) in [5.74, 6) is -1.06. The SMILES string of the molecule is Cc1c(Cl)cnc(NC(=O)COC(=O)CCn2c(=O)n(C)c3ccccc32)c1Cl. The molecule has 8 nitrogen and oxygen atoms in total. The van der Waals surface area contributed by atoms with E-state index in [1.54, 1.807) is 20.0 Å². The monoisotopic (exact) mass is 436 g/mol. The molecule has 0 radical (unpaired) electrons. The molecular formula is C19H18Cl2N4O4. The fourth-order valence-corrected chi connectivity index (χ4v) is 3.20. The molecule has 10 heteroatoms. The van der Waals surface area contributed by atoms with Crippen LogP contribution in [0.5, 0.6) is 0 Å². The Morgan fingerprint density at radius 1 is 1.21 bits per heavy atom. The number of halogens is 2. The number of benzene rings is 1. The van der Waals surface area contributed by atoms with E-state index in [1.165, 1.54) is 15.3 Å². The first-order chi connectivity index (χ1) is 13.8. The highest BCUT2D eigenvalue weighted by Crippen LogP contribution is 2.28. The largest absolute Gasteiger partial charge is 0.456 e. The van der Waals surface area contributed by atoms with Crippen LogP contribution >= 0.6 is 23.2 Å². The van der Waals surface area contributed by atoms with Gasteiger partial charge >= 0.3 is 11.7 Å². The van der Waals surface area contributed by atoms with Gasteiger partial charge < -0.3 is 10.1 Å². The molecule has 1 N–H and O–H groups in total. The molecule has 1 aromatic carbocycles. The van der Waals surface area contributed by atoms with E-state index < -0.39 is 18.5 Å². The quantitative estimate of drug-likeness (QED) is 0.599. The Morgan fingerprint density at radius 2 is 1.90 bits per heavy atom. The lowest BCUT2D eigenvalue weighted by atomic mass is 10.3. The maximum absolute atomic E-state index is 12.3. The van der Waals surface area contributed by atoms with Gasteiger partial charge in [-0.1, -0.05) is 35.3 Å². The summed E-state index contributed by atoms with van der Waals surface area (Å²) in [6.07, 6.45) is 1.31. The van der Waals surface area contributed by atoms with E-state index in [9.17, 15) is 14.4 Å². The number of aromatic nitrogens is 3. The average molecular weight is 437 g/mol. The molecule has 2 heterocycles. The van der Waals surface area contributed by atoms with Gasteiger partial charge in [0.1, 0.15) is 0 Å². The highest BCUT2D eigenvalue weighted by Gasteiger charge is 2.15. The van der Waals surface area contributed by atoms with Crippen molar-refractivity contribution in [2.45, 2.75) is 19.9 Å². The van der Waals surface area contributed by atoms with Crippen LogP contribution in [0.25, 0.3) is 11.0 Å². The van der Waals surface area contributed by atoms with Crippen LogP contribution in [0.2, 0.25) is 10.0 Å². The third kappa shape index (κ3) is 4.44. The molecule has 0 spiro atoms. The summed E-state index contributed by atoms with van der Waals surface area (Å²) < 4.78 is 7.99. The predicted molar refractivity (Wildman–Crippen MR) is 110 cm³/mol. The van der Waals surface area contributed by atoms with Crippen LogP contribution in [-0.2, 0) is 27.9 Å². The van der Waals surface area contributed by atoms with E-state index in [0.717, 1.165) is 11.0 Å². The molecule has 0 saturated heterocycles. The Morgan fingerprint density at radius 3 is 2.62 bits per heavy atom. The van der Waals surface area contributed by atoms with Crippen LogP contribution in [0.3, 0.4) is 0 Å². The number of ether oxygens (including phenoxy) is 1. The summed E-state index contributed by atoms with van der Waals surface area (Å²) in [5.41, 5.74) is 1.85. The number of nitrogens with one attached hydrogen (secondary N) is 1. The van der Waals surface area contributed by atoms with Gasteiger partial charge in [0, 0.05) is 19.8 Å². The van der Waals surface area contributed by atoms with E-state index >= 15 is 0 Å². The van der Waals surface area contributed by atoms with Gasteiger partial charge in [0.2, 0.25) is 0 Å². The summed E-state index contributed by atoms with van der Waals surface area (Å²) in [6, 6.07) is 7.29. The molecule has 1 amide bonds. The number of carbonyl (C=O) groups excluding carboxylic acids is 2. The first-order valence-electron chi connectivity index (χ1n) is 8.70. The zero-order valence-corrected chi connectivity index (χ0v) is 17.3. The first kappa shape index (κ1) is 20.9. The van der Waals surface area contributed by atoms with Gasteiger partial charge in [-0.3, -0.25) is 18.7 Å². The molecule has 0 unspecified atom stereocenters. The molecule has 0 fully saturated rings. The zero-order chi connectivity index (χ0) is 21.1. The summed E-state index contributed by atoms with van der Waals surface area (Å²) in [5, 5.41) is 3.06. The Labute approximate surface area is 176 Å². The van der Waals surface area contributed by atoms with Crippen molar-refractivity contribution in [3.63, 3.8) is 0 Å². The second kappa shape index (κ2) is 8.67. The number of nitrogens with zero attached hydrogens (tertiary/aromatic N) is 3. The van der Waals surface area contributed by atoms with Crippen molar-refractivity contribution in [3.8, 4) is 0 Å². The number of aryl methyl sites for hydroxylation is 2. The van der Waals surface area contributed by atoms with Crippen molar-refractivity contribution in [2.75, 3.05) is 11.9 Å². The van der Waals surface area contributed by atoms with Crippen molar-refractivity contribution >= 4 is 51.9 Å². The molecule has 0 aliphatic rings. The molecule has 0 atom stereocenters. The summed E-state index contributed by atoms with van der Waals surface area (Å²) >= 11 is 12.0. The number of anilines is 1. The number of carbonyl (C=O) groups is 2. The maximum Gasteiger partial charge on any atom is 0.328 e. The first-order valence-corrected chi connectivity index (χ1v) is 9.45. The Hall–Kier alpha value is -2.84. The Balaban J connectivity index is 1.56. The second-order valence-electron chi connectivity index (χ2n) is 6.33. The number of rotatable bonds is 6. The molecule has 2 aromatic heterocycles. The third-order valence-electron chi connectivity index (χ3n) is 4.42. The lowest BCUT2D eigenvalue weighted by Crippen LogP contribution is -2.25. The Kier molecular flexibility index (Phi) is 6.24. The number of imidazole rings is 1. The molecular weight excluding hydrogens is 419 g/mol. The predicted octanol–water partition coefficient (Wildman–Crippen LogP) is 2.92. The van der Waals surface area contributed by atoms with E-state index in [2.05, 4.69) is 10.3 Å². The zero-order valence-electron chi connectivity index (χ0n) is 15.7. The van der Waals surface area contributed by atoms with Crippen LogP contribution in [-0.4, -0.2) is 32.6 Å². The minimum atomic E-state index is -0.605. The smallest absolute Gasteiger partial charge is 0.328 e. The van der Waals surface area contributed by atoms with Crippen LogP contribution in [0.4, 0.5) is 5.82 Å². The molecule has 29 heavy (non-hydrogen) atoms. The molecule has 0 aliphatic heterocycles. The topological polar surface area (TPSA) is 95.2 Å². The maximum atomic E-state index is 12.3. The van der Waals surface area contributed by atoms with E-state index in [4.69, 9.17) is 27.9 Å². The minimum Gasteiger partial charge on any atom is -0.456 e. The molecule has 0 bridgehead atoms. The van der Waals surface area contributed by atoms with Crippen LogP contribution < -0.4 is 11.0 Å². The van der Waals surface area contributed by atoms with Gasteiger partial charge in [-0.15, -0.1) is 0 Å². The molecule has 0 aliphatic carbocycles. The summed E-state index contributed by atoms with van der Waals surface area (Å²) in [6.45, 7) is 1.34. The van der Waals surface area contributed by atoms with E-state index in [1.807, 2.05) is 18.2 Å². The number of fused-ring (bicyclic) bond motifs is 1. The number of para-hydroxylation sites is 2. The summed E-state index contributed by atoms with van der Waals surface area (Å²) in [7, 11) is 1.67. The van der Waals surface area contributed by atoms with Gasteiger partial charge in [0.15, 0.2) is 12.4 Å². The van der Waals surface area contributed by atoms with Crippen molar-refractivity contribution in [2.24, 2.45) is 7.05 Å². The molecule has 0 saturated carbocycles. The van der Waals surface area contributed by atoms with Crippen LogP contribution in [0.15, 0.2) is 35.3 Å². The van der Waals surface area contributed by atoms with Gasteiger partial charge in [-0.2, -0.15) is 0 Å². The van der Waals surface area contributed by atoms with Crippen molar-refractivity contribution < 1.29 is 14.3 Å². The number of amides is 1. The van der Waals surface area contributed by atoms with E-state index in [0.29, 0.717) is 10.6 Å². The highest BCUT2D eigenvalue weighted by molar-refractivity contribution is 6.37. The van der Waals surface area contributed by atoms with Gasteiger partial charge in [-0.05, 0) is 24.6 Å². The highest BCUT2D eigenvalue weighted by atomic mass is 35.5. The van der Waals surface area contributed by atoms with Crippen molar-refractivity contribution in [1.82, 2.24) is 14.1 Å². The molecule has 152 valence electrons. The second-order valence-corrected chi connectivity index (χ2v) is 7.12. The molecule has 3 aromatic rings. The van der Waals surface area contributed by atoms with Gasteiger partial charge in [-0.25, -0.2) is 9.78 Å². The number of pyridine rings is 1. The normalized spacial score (nSPS) is 10.9. The number of hydrogen-bond acceptors (Lipinski definition) is 5.